The zero-order valence-corrected chi connectivity index (χ0v) is 20.2. The van der Waals surface area contributed by atoms with Gasteiger partial charge in [0.1, 0.15) is 12.4 Å². The zero-order chi connectivity index (χ0) is 24.1. The molecule has 4 rings (SSSR count). The summed E-state index contributed by atoms with van der Waals surface area (Å²) < 4.78 is 11.2. The minimum absolute atomic E-state index is 0.0838. The summed E-state index contributed by atoms with van der Waals surface area (Å²) in [5.41, 5.74) is 3.57. The van der Waals surface area contributed by atoms with Crippen molar-refractivity contribution in [2.45, 2.75) is 32.9 Å². The summed E-state index contributed by atoms with van der Waals surface area (Å²) in [5, 5.41) is 5.49. The van der Waals surface area contributed by atoms with Crippen molar-refractivity contribution in [3.63, 3.8) is 0 Å². The minimum atomic E-state index is -0.499. The van der Waals surface area contributed by atoms with Crippen LogP contribution in [0.25, 0.3) is 0 Å². The first-order valence-electron chi connectivity index (χ1n) is 11.1. The van der Waals surface area contributed by atoms with E-state index >= 15 is 0 Å². The van der Waals surface area contributed by atoms with Gasteiger partial charge in [-0.2, -0.15) is 0 Å². The van der Waals surface area contributed by atoms with Crippen LogP contribution >= 0.6 is 11.8 Å². The van der Waals surface area contributed by atoms with E-state index in [4.69, 9.17) is 14.5 Å². The first-order valence-corrected chi connectivity index (χ1v) is 12.0. The van der Waals surface area contributed by atoms with E-state index in [1.54, 1.807) is 7.11 Å². The van der Waals surface area contributed by atoms with Crippen LogP contribution in [0.2, 0.25) is 0 Å². The molecule has 1 atom stereocenters. The molecule has 0 fully saturated rings. The third-order valence-corrected chi connectivity index (χ3v) is 6.45. The lowest BCUT2D eigenvalue weighted by molar-refractivity contribution is -0.141. The van der Waals surface area contributed by atoms with Gasteiger partial charge in [-0.05, 0) is 42.5 Å². The van der Waals surface area contributed by atoms with Gasteiger partial charge >= 0.3 is 5.97 Å². The van der Waals surface area contributed by atoms with Crippen molar-refractivity contribution in [2.24, 2.45) is 4.99 Å². The Bertz CT molecular complexity index is 1170. The molecule has 176 valence electrons. The Kier molecular flexibility index (Phi) is 7.37. The van der Waals surface area contributed by atoms with Crippen LogP contribution in [0.15, 0.2) is 82.0 Å². The predicted octanol–water partition coefficient (Wildman–Crippen LogP) is 4.54. The highest BCUT2D eigenvalue weighted by atomic mass is 32.2. The Morgan fingerprint density at radius 1 is 1.15 bits per heavy atom. The summed E-state index contributed by atoms with van der Waals surface area (Å²) in [6.45, 7) is 4.41. The smallest absolute Gasteiger partial charge is 0.338 e. The lowest BCUT2D eigenvalue weighted by atomic mass is 9.93. The Balaban J connectivity index is 1.70. The van der Waals surface area contributed by atoms with Crippen LogP contribution in [0.1, 0.15) is 37.4 Å². The monoisotopic (exact) mass is 477 g/mol. The van der Waals surface area contributed by atoms with Crippen LogP contribution in [0, 0.1) is 0 Å². The van der Waals surface area contributed by atoms with Crippen LogP contribution in [0.5, 0.6) is 5.75 Å². The lowest BCUT2D eigenvalue weighted by Crippen LogP contribution is -2.38. The van der Waals surface area contributed by atoms with Crippen molar-refractivity contribution in [3.8, 4) is 5.75 Å². The van der Waals surface area contributed by atoms with E-state index in [1.807, 2.05) is 78.8 Å². The summed E-state index contributed by atoms with van der Waals surface area (Å²) in [7, 11) is 1.61. The Morgan fingerprint density at radius 2 is 1.94 bits per heavy atom. The number of methoxy groups -OCH3 is 1. The number of ether oxygens (including phenoxy) is 2. The largest absolute Gasteiger partial charge is 0.497 e. The molecule has 7 nitrogen and oxygen atoms in total. The highest BCUT2D eigenvalue weighted by Crippen LogP contribution is 2.45. The van der Waals surface area contributed by atoms with Crippen LogP contribution in [0.3, 0.4) is 0 Å². The fourth-order valence-corrected chi connectivity index (χ4v) is 4.95. The minimum Gasteiger partial charge on any atom is -0.497 e. The zero-order valence-electron chi connectivity index (χ0n) is 19.4. The average molecular weight is 478 g/mol. The number of fused-ring (bicyclic) bond motifs is 1. The molecule has 0 saturated heterocycles. The van der Waals surface area contributed by atoms with Crippen molar-refractivity contribution in [1.82, 2.24) is 10.2 Å². The number of carbonyl (C=O) groups excluding carboxylic acids is 2. The van der Waals surface area contributed by atoms with Gasteiger partial charge in [-0.3, -0.25) is 4.79 Å². The van der Waals surface area contributed by atoms with E-state index in [-0.39, 0.29) is 18.9 Å². The number of allylic oxidation sites excluding steroid dienone is 1. The maximum Gasteiger partial charge on any atom is 0.338 e. The van der Waals surface area contributed by atoms with Crippen LogP contribution in [0.4, 0.5) is 0 Å². The summed E-state index contributed by atoms with van der Waals surface area (Å²) in [6.07, 6.45) is 0.186. The van der Waals surface area contributed by atoms with Gasteiger partial charge in [0.25, 0.3) is 0 Å². The number of esters is 1. The SMILES string of the molecule is CCNC(=O)CC1=CSC2=NC(C)=C(C(=O)OCc3ccccc3)C(c3cccc(OC)c3)N12. The van der Waals surface area contributed by atoms with Crippen molar-refractivity contribution >= 4 is 28.8 Å². The molecular formula is C26H27N3O4S. The molecule has 1 amide bonds. The summed E-state index contributed by atoms with van der Waals surface area (Å²) in [6, 6.07) is 16.6. The quantitative estimate of drug-likeness (QED) is 0.563. The van der Waals surface area contributed by atoms with Gasteiger partial charge in [0.2, 0.25) is 5.91 Å². The van der Waals surface area contributed by atoms with Crippen LogP contribution in [-0.4, -0.2) is 35.6 Å². The van der Waals surface area contributed by atoms with Gasteiger partial charge < -0.3 is 19.7 Å². The number of carbonyl (C=O) groups is 2. The molecule has 1 N–H and O–H groups in total. The molecule has 0 bridgehead atoms. The van der Waals surface area contributed by atoms with E-state index in [9.17, 15) is 9.59 Å². The van der Waals surface area contributed by atoms with E-state index in [2.05, 4.69) is 5.32 Å². The second kappa shape index (κ2) is 10.6. The molecule has 0 radical (unpaired) electrons. The Hall–Kier alpha value is -3.52. The average Bonchev–Trinajstić information content (AvgIpc) is 3.24. The number of hydrogen-bond acceptors (Lipinski definition) is 7. The molecule has 0 spiro atoms. The molecule has 34 heavy (non-hydrogen) atoms. The number of aliphatic imine (C=N–C) groups is 1. The van der Waals surface area contributed by atoms with E-state index in [0.29, 0.717) is 23.6 Å². The fourth-order valence-electron chi connectivity index (χ4n) is 3.98. The maximum absolute atomic E-state index is 13.4. The lowest BCUT2D eigenvalue weighted by Gasteiger charge is -2.36. The molecule has 0 aromatic heterocycles. The number of nitrogens with one attached hydrogen (secondary N) is 1. The van der Waals surface area contributed by atoms with Gasteiger partial charge in [-0.15, -0.1) is 0 Å². The van der Waals surface area contributed by atoms with E-state index in [0.717, 1.165) is 22.0 Å². The van der Waals surface area contributed by atoms with Crippen LogP contribution in [-0.2, 0) is 20.9 Å². The van der Waals surface area contributed by atoms with Gasteiger partial charge in [0.15, 0.2) is 5.17 Å². The number of nitrogens with zero attached hydrogens (tertiary/aromatic N) is 2. The third-order valence-electron chi connectivity index (χ3n) is 5.56. The second-order valence-corrected chi connectivity index (χ2v) is 8.70. The molecular weight excluding hydrogens is 450 g/mol. The number of hydrogen-bond donors (Lipinski definition) is 1. The molecule has 2 aromatic rings. The maximum atomic E-state index is 13.4. The third kappa shape index (κ3) is 5.02. The number of rotatable bonds is 8. The first kappa shape index (κ1) is 23.6. The van der Waals surface area contributed by atoms with Crippen molar-refractivity contribution in [2.75, 3.05) is 13.7 Å². The molecule has 8 heteroatoms. The van der Waals surface area contributed by atoms with E-state index < -0.39 is 12.0 Å². The number of amidine groups is 1. The predicted molar refractivity (Wildman–Crippen MR) is 133 cm³/mol. The van der Waals surface area contributed by atoms with Gasteiger partial charge in [-0.1, -0.05) is 54.2 Å². The standard InChI is InChI=1S/C26H27N3O4S/c1-4-27-22(30)14-20-16-34-26-28-17(2)23(25(31)33-15-18-9-6-5-7-10-18)24(29(20)26)19-11-8-12-21(13-19)32-3/h5-13,16,24H,4,14-15H2,1-3H3,(H,27,30). The fraction of sp³-hybridized carbons (Fsp3) is 0.269. The second-order valence-electron chi connectivity index (χ2n) is 7.86. The molecule has 0 aliphatic carbocycles. The first-order chi connectivity index (χ1) is 16.5. The van der Waals surface area contributed by atoms with Crippen molar-refractivity contribution in [3.05, 3.63) is 88.1 Å². The number of thioether (sulfide) groups is 1. The van der Waals surface area contributed by atoms with E-state index in [1.165, 1.54) is 11.8 Å². The van der Waals surface area contributed by atoms with Gasteiger partial charge in [-0.25, -0.2) is 9.79 Å². The summed E-state index contributed by atoms with van der Waals surface area (Å²) in [4.78, 5) is 32.5. The molecule has 2 aliphatic rings. The number of amides is 1. The topological polar surface area (TPSA) is 80.2 Å². The van der Waals surface area contributed by atoms with Gasteiger partial charge in [0.05, 0.1) is 30.8 Å². The molecule has 0 saturated carbocycles. The van der Waals surface area contributed by atoms with Crippen LogP contribution < -0.4 is 10.1 Å². The summed E-state index contributed by atoms with van der Waals surface area (Å²) >= 11 is 1.45. The van der Waals surface area contributed by atoms with Gasteiger partial charge in [0, 0.05) is 12.2 Å². The number of benzene rings is 2. The Morgan fingerprint density at radius 3 is 2.68 bits per heavy atom. The Labute approximate surface area is 203 Å². The highest BCUT2D eigenvalue weighted by molar-refractivity contribution is 8.16. The molecule has 1 unspecified atom stereocenters. The molecule has 2 heterocycles. The molecule has 2 aromatic carbocycles. The molecule has 2 aliphatic heterocycles. The van der Waals surface area contributed by atoms with Crippen molar-refractivity contribution in [1.29, 1.82) is 0 Å². The summed E-state index contributed by atoms with van der Waals surface area (Å²) in [5.74, 6) is 0.156. The normalized spacial score (nSPS) is 17.0. The highest BCUT2D eigenvalue weighted by Gasteiger charge is 2.41. The van der Waals surface area contributed by atoms with Crippen molar-refractivity contribution < 1.29 is 19.1 Å².